The van der Waals surface area contributed by atoms with Gasteiger partial charge in [0.15, 0.2) is 5.82 Å². The van der Waals surface area contributed by atoms with Crippen molar-refractivity contribution >= 4 is 35.1 Å². The van der Waals surface area contributed by atoms with Gasteiger partial charge in [-0.2, -0.15) is 11.8 Å². The molecule has 1 aromatic rings. The maximum atomic E-state index is 11.7. The van der Waals surface area contributed by atoms with Crippen LogP contribution < -0.4 is 5.32 Å². The molecule has 82 valence electrons. The van der Waals surface area contributed by atoms with Crippen molar-refractivity contribution in [3.05, 3.63) is 23.4 Å². The Kier molecular flexibility index (Phi) is 4.91. The summed E-state index contributed by atoms with van der Waals surface area (Å²) in [5.74, 6) is 0.377. The number of anilines is 1. The Labute approximate surface area is 98.6 Å². The summed E-state index contributed by atoms with van der Waals surface area (Å²) in [5.41, 5.74) is 0. The Morgan fingerprint density at radius 3 is 3.00 bits per heavy atom. The van der Waals surface area contributed by atoms with Gasteiger partial charge in [-0.3, -0.25) is 4.79 Å². The average Bonchev–Trinajstić information content (AvgIpc) is 2.23. The molecule has 0 aliphatic carbocycles. The lowest BCUT2D eigenvalue weighted by molar-refractivity contribution is -0.115. The smallest absolute Gasteiger partial charge is 0.238 e. The molecule has 0 saturated heterocycles. The Morgan fingerprint density at radius 2 is 2.47 bits per heavy atom. The van der Waals surface area contributed by atoms with Crippen LogP contribution in [0, 0.1) is 0 Å². The van der Waals surface area contributed by atoms with Crippen LogP contribution in [0.2, 0.25) is 5.02 Å². The zero-order valence-corrected chi connectivity index (χ0v) is 10.2. The van der Waals surface area contributed by atoms with Gasteiger partial charge in [0, 0.05) is 6.20 Å². The molecule has 0 radical (unpaired) electrons. The number of halogens is 1. The monoisotopic (exact) mass is 244 g/mol. The molecule has 15 heavy (non-hydrogen) atoms. The van der Waals surface area contributed by atoms with E-state index in [2.05, 4.69) is 10.3 Å². The largest absolute Gasteiger partial charge is 0.308 e. The first-order chi connectivity index (χ1) is 7.19. The van der Waals surface area contributed by atoms with E-state index >= 15 is 0 Å². The lowest BCUT2D eigenvalue weighted by atomic mass is 10.3. The van der Waals surface area contributed by atoms with E-state index in [9.17, 15) is 4.79 Å². The highest BCUT2D eigenvalue weighted by Crippen LogP contribution is 2.19. The standard InChI is InChI=1S/C10H13ClN2OS/c1-3-8(15-2)10(14)13-9-7(11)5-4-6-12-9/h4-6,8H,3H2,1-2H3,(H,12,13,14)/t8-/m1/s1. The number of rotatable bonds is 4. The summed E-state index contributed by atoms with van der Waals surface area (Å²) < 4.78 is 0. The third-order valence-electron chi connectivity index (χ3n) is 1.95. The van der Waals surface area contributed by atoms with Crippen molar-refractivity contribution in [3.8, 4) is 0 Å². The van der Waals surface area contributed by atoms with Crippen LogP contribution in [0.5, 0.6) is 0 Å². The van der Waals surface area contributed by atoms with Crippen LogP contribution in [0.4, 0.5) is 5.82 Å². The summed E-state index contributed by atoms with van der Waals surface area (Å²) in [6.45, 7) is 1.97. The van der Waals surface area contributed by atoms with Crippen LogP contribution in [0.15, 0.2) is 18.3 Å². The van der Waals surface area contributed by atoms with E-state index in [1.165, 1.54) is 11.8 Å². The minimum Gasteiger partial charge on any atom is -0.308 e. The lowest BCUT2D eigenvalue weighted by Gasteiger charge is -2.12. The molecular formula is C10H13ClN2OS. The fourth-order valence-electron chi connectivity index (χ4n) is 1.13. The van der Waals surface area contributed by atoms with Crippen LogP contribution >= 0.6 is 23.4 Å². The minimum atomic E-state index is -0.0527. The summed E-state index contributed by atoms with van der Waals surface area (Å²) in [4.78, 5) is 15.7. The second kappa shape index (κ2) is 5.98. The van der Waals surface area contributed by atoms with E-state index in [-0.39, 0.29) is 11.2 Å². The maximum absolute atomic E-state index is 11.7. The first kappa shape index (κ1) is 12.3. The highest BCUT2D eigenvalue weighted by Gasteiger charge is 2.16. The number of carbonyl (C=O) groups is 1. The molecule has 0 aliphatic heterocycles. The van der Waals surface area contributed by atoms with Crippen molar-refractivity contribution < 1.29 is 4.79 Å². The van der Waals surface area contributed by atoms with Gasteiger partial charge in [-0.1, -0.05) is 18.5 Å². The van der Waals surface area contributed by atoms with Gasteiger partial charge in [-0.05, 0) is 24.8 Å². The van der Waals surface area contributed by atoms with Gasteiger partial charge in [0.25, 0.3) is 0 Å². The number of hydrogen-bond donors (Lipinski definition) is 1. The highest BCUT2D eigenvalue weighted by molar-refractivity contribution is 7.99. The Morgan fingerprint density at radius 1 is 1.73 bits per heavy atom. The zero-order valence-electron chi connectivity index (χ0n) is 8.66. The van der Waals surface area contributed by atoms with Crippen molar-refractivity contribution in [1.29, 1.82) is 0 Å². The third-order valence-corrected chi connectivity index (χ3v) is 3.37. The topological polar surface area (TPSA) is 42.0 Å². The summed E-state index contributed by atoms with van der Waals surface area (Å²) in [6.07, 6.45) is 4.30. The molecule has 1 N–H and O–H groups in total. The number of hydrogen-bond acceptors (Lipinski definition) is 3. The van der Waals surface area contributed by atoms with Crippen molar-refractivity contribution in [2.24, 2.45) is 0 Å². The van der Waals surface area contributed by atoms with Crippen LogP contribution in [0.1, 0.15) is 13.3 Å². The molecule has 1 amide bonds. The highest BCUT2D eigenvalue weighted by atomic mass is 35.5. The Hall–Kier alpha value is -0.740. The number of thioether (sulfide) groups is 1. The molecule has 0 unspecified atom stereocenters. The first-order valence-corrected chi connectivity index (χ1v) is 6.29. The Bertz CT molecular complexity index is 342. The van der Waals surface area contributed by atoms with E-state index in [1.54, 1.807) is 18.3 Å². The molecule has 0 bridgehead atoms. The molecule has 1 aromatic heterocycles. The van der Waals surface area contributed by atoms with Gasteiger partial charge in [-0.25, -0.2) is 4.98 Å². The van der Waals surface area contributed by atoms with E-state index in [1.807, 2.05) is 13.2 Å². The predicted octanol–water partition coefficient (Wildman–Crippen LogP) is 2.82. The van der Waals surface area contributed by atoms with Gasteiger partial charge < -0.3 is 5.32 Å². The first-order valence-electron chi connectivity index (χ1n) is 4.63. The molecule has 0 aromatic carbocycles. The molecule has 3 nitrogen and oxygen atoms in total. The maximum Gasteiger partial charge on any atom is 0.238 e. The zero-order chi connectivity index (χ0) is 11.3. The number of carbonyl (C=O) groups excluding carboxylic acids is 1. The van der Waals surface area contributed by atoms with Crippen molar-refractivity contribution in [2.45, 2.75) is 18.6 Å². The molecule has 5 heteroatoms. The van der Waals surface area contributed by atoms with Crippen molar-refractivity contribution in [1.82, 2.24) is 4.98 Å². The van der Waals surface area contributed by atoms with E-state index in [0.717, 1.165) is 6.42 Å². The van der Waals surface area contributed by atoms with Crippen molar-refractivity contribution in [2.75, 3.05) is 11.6 Å². The molecule has 0 saturated carbocycles. The van der Waals surface area contributed by atoms with E-state index in [0.29, 0.717) is 10.8 Å². The fraction of sp³-hybridized carbons (Fsp3) is 0.400. The minimum absolute atomic E-state index is 0.0504. The SMILES string of the molecule is CC[C@@H](SC)C(=O)Nc1ncccc1Cl. The van der Waals surface area contributed by atoms with Gasteiger partial charge in [0.2, 0.25) is 5.91 Å². The molecule has 0 aliphatic rings. The van der Waals surface area contributed by atoms with E-state index < -0.39 is 0 Å². The van der Waals surface area contributed by atoms with E-state index in [4.69, 9.17) is 11.6 Å². The second-order valence-corrected chi connectivity index (χ2v) is 4.40. The molecule has 1 heterocycles. The van der Waals surface area contributed by atoms with Gasteiger partial charge in [-0.15, -0.1) is 0 Å². The number of pyridine rings is 1. The molecule has 1 atom stereocenters. The third kappa shape index (κ3) is 3.39. The average molecular weight is 245 g/mol. The van der Waals surface area contributed by atoms with Crippen LogP contribution in [0.3, 0.4) is 0 Å². The van der Waals surface area contributed by atoms with Gasteiger partial charge in [0.05, 0.1) is 10.3 Å². The summed E-state index contributed by atoms with van der Waals surface area (Å²) >= 11 is 7.40. The van der Waals surface area contributed by atoms with Crippen LogP contribution in [0.25, 0.3) is 0 Å². The van der Waals surface area contributed by atoms with Gasteiger partial charge >= 0.3 is 0 Å². The number of nitrogens with one attached hydrogen (secondary N) is 1. The number of nitrogens with zero attached hydrogens (tertiary/aromatic N) is 1. The normalized spacial score (nSPS) is 12.2. The summed E-state index contributed by atoms with van der Waals surface area (Å²) in [6, 6.07) is 3.42. The molecule has 0 fully saturated rings. The lowest BCUT2D eigenvalue weighted by Crippen LogP contribution is -2.24. The molecular weight excluding hydrogens is 232 g/mol. The van der Waals surface area contributed by atoms with Crippen LogP contribution in [-0.2, 0) is 4.79 Å². The Balaban J connectivity index is 2.70. The quantitative estimate of drug-likeness (QED) is 0.886. The number of aromatic nitrogens is 1. The molecule has 0 spiro atoms. The van der Waals surface area contributed by atoms with Gasteiger partial charge in [0.1, 0.15) is 0 Å². The fourth-order valence-corrected chi connectivity index (χ4v) is 1.91. The second-order valence-electron chi connectivity index (χ2n) is 2.96. The summed E-state index contributed by atoms with van der Waals surface area (Å²) in [7, 11) is 0. The predicted molar refractivity (Wildman–Crippen MR) is 65.5 cm³/mol. The summed E-state index contributed by atoms with van der Waals surface area (Å²) in [5, 5.41) is 3.12. The van der Waals surface area contributed by atoms with Crippen LogP contribution in [-0.4, -0.2) is 22.4 Å². The molecule has 1 rings (SSSR count). The van der Waals surface area contributed by atoms with Crippen molar-refractivity contribution in [3.63, 3.8) is 0 Å². The number of amides is 1.